The molecule has 0 aliphatic rings. The lowest BCUT2D eigenvalue weighted by Crippen LogP contribution is -2.40. The summed E-state index contributed by atoms with van der Waals surface area (Å²) in [5.41, 5.74) is 0. The molecule has 0 rings (SSSR count). The molecule has 106 valence electrons. The van der Waals surface area contributed by atoms with Crippen molar-refractivity contribution >= 4 is 15.8 Å². The first-order valence-electron chi connectivity index (χ1n) is 6.11. The zero-order chi connectivity index (χ0) is 14.0. The Hall–Kier alpha value is -1.04. The number of hydrogen-bond acceptors (Lipinski definition) is 3. The average molecular weight is 275 g/mol. The first-order chi connectivity index (χ1) is 8.40. The SMILES string of the molecule is C=CCCCN(C)C(=NC)NCCCS(C)(=O)=O. The predicted molar refractivity (Wildman–Crippen MR) is 77.8 cm³/mol. The molecule has 0 fully saturated rings. The molecule has 0 bridgehead atoms. The van der Waals surface area contributed by atoms with Crippen molar-refractivity contribution < 1.29 is 8.42 Å². The van der Waals surface area contributed by atoms with Gasteiger partial charge < -0.3 is 10.2 Å². The molecule has 0 aromatic rings. The fraction of sp³-hybridized carbons (Fsp3) is 0.750. The Morgan fingerprint density at radius 2 is 2.11 bits per heavy atom. The monoisotopic (exact) mass is 275 g/mol. The van der Waals surface area contributed by atoms with E-state index in [0.717, 1.165) is 25.3 Å². The Bertz CT molecular complexity index is 364. The van der Waals surface area contributed by atoms with Crippen LogP contribution in [0.1, 0.15) is 19.3 Å². The van der Waals surface area contributed by atoms with Crippen molar-refractivity contribution in [3.63, 3.8) is 0 Å². The molecule has 0 heterocycles. The van der Waals surface area contributed by atoms with Gasteiger partial charge in [0.1, 0.15) is 9.84 Å². The smallest absolute Gasteiger partial charge is 0.193 e. The highest BCUT2D eigenvalue weighted by Gasteiger charge is 2.05. The molecular weight excluding hydrogens is 250 g/mol. The minimum absolute atomic E-state index is 0.206. The van der Waals surface area contributed by atoms with E-state index in [4.69, 9.17) is 0 Å². The number of rotatable bonds is 8. The number of hydrogen-bond donors (Lipinski definition) is 1. The van der Waals surface area contributed by atoms with Crippen LogP contribution >= 0.6 is 0 Å². The van der Waals surface area contributed by atoms with Gasteiger partial charge in [-0.05, 0) is 19.3 Å². The van der Waals surface area contributed by atoms with Gasteiger partial charge in [-0.25, -0.2) is 8.42 Å². The quantitative estimate of drug-likeness (QED) is 0.309. The molecule has 0 spiro atoms. The second-order valence-corrected chi connectivity index (χ2v) is 6.57. The molecule has 6 heteroatoms. The summed E-state index contributed by atoms with van der Waals surface area (Å²) in [7, 11) is 0.821. The number of aliphatic imine (C=N–C) groups is 1. The molecule has 0 aliphatic carbocycles. The minimum Gasteiger partial charge on any atom is -0.356 e. The maximum atomic E-state index is 11.0. The Labute approximate surface area is 111 Å². The summed E-state index contributed by atoms with van der Waals surface area (Å²) < 4.78 is 22.0. The molecule has 0 aromatic heterocycles. The van der Waals surface area contributed by atoms with Crippen molar-refractivity contribution in [2.75, 3.05) is 39.2 Å². The normalized spacial score (nSPS) is 12.3. The van der Waals surface area contributed by atoms with Crippen molar-refractivity contribution in [2.45, 2.75) is 19.3 Å². The van der Waals surface area contributed by atoms with E-state index in [1.807, 2.05) is 18.0 Å². The minimum atomic E-state index is -2.87. The summed E-state index contributed by atoms with van der Waals surface area (Å²) in [6, 6.07) is 0. The summed E-state index contributed by atoms with van der Waals surface area (Å²) in [6.45, 7) is 5.20. The van der Waals surface area contributed by atoms with E-state index in [2.05, 4.69) is 16.9 Å². The number of sulfone groups is 1. The molecule has 0 amide bonds. The fourth-order valence-electron chi connectivity index (χ4n) is 1.50. The second-order valence-electron chi connectivity index (χ2n) is 4.31. The van der Waals surface area contributed by atoms with Crippen LogP contribution in [-0.4, -0.2) is 58.5 Å². The number of unbranched alkanes of at least 4 members (excludes halogenated alkanes) is 1. The van der Waals surface area contributed by atoms with Crippen LogP contribution < -0.4 is 5.32 Å². The van der Waals surface area contributed by atoms with E-state index in [1.165, 1.54) is 6.26 Å². The van der Waals surface area contributed by atoms with Gasteiger partial charge in [0.05, 0.1) is 5.75 Å². The largest absolute Gasteiger partial charge is 0.356 e. The lowest BCUT2D eigenvalue weighted by molar-refractivity contribution is 0.470. The van der Waals surface area contributed by atoms with Gasteiger partial charge in [0.15, 0.2) is 5.96 Å². The molecule has 0 saturated heterocycles. The molecule has 0 unspecified atom stereocenters. The second kappa shape index (κ2) is 8.97. The summed E-state index contributed by atoms with van der Waals surface area (Å²) in [6.07, 6.45) is 5.76. The van der Waals surface area contributed by atoms with Gasteiger partial charge in [0, 0.05) is 33.4 Å². The molecule has 0 saturated carbocycles. The third kappa shape index (κ3) is 9.04. The topological polar surface area (TPSA) is 61.8 Å². The maximum Gasteiger partial charge on any atom is 0.193 e. The third-order valence-corrected chi connectivity index (χ3v) is 3.48. The van der Waals surface area contributed by atoms with E-state index in [9.17, 15) is 8.42 Å². The van der Waals surface area contributed by atoms with E-state index in [-0.39, 0.29) is 5.75 Å². The summed E-state index contributed by atoms with van der Waals surface area (Å²) in [4.78, 5) is 6.19. The van der Waals surface area contributed by atoms with Crippen molar-refractivity contribution in [2.24, 2.45) is 4.99 Å². The van der Waals surface area contributed by atoms with E-state index < -0.39 is 9.84 Å². The summed E-state index contributed by atoms with van der Waals surface area (Å²) in [5, 5.41) is 3.15. The van der Waals surface area contributed by atoms with Crippen molar-refractivity contribution in [1.29, 1.82) is 0 Å². The Balaban J connectivity index is 3.93. The molecule has 1 N–H and O–H groups in total. The van der Waals surface area contributed by atoms with E-state index in [0.29, 0.717) is 13.0 Å². The van der Waals surface area contributed by atoms with Crippen molar-refractivity contribution in [1.82, 2.24) is 10.2 Å². The van der Waals surface area contributed by atoms with Crippen LogP contribution in [0.15, 0.2) is 17.6 Å². The van der Waals surface area contributed by atoms with Gasteiger partial charge in [0.25, 0.3) is 0 Å². The summed E-state index contributed by atoms with van der Waals surface area (Å²) >= 11 is 0. The highest BCUT2D eigenvalue weighted by Crippen LogP contribution is 1.94. The van der Waals surface area contributed by atoms with Gasteiger partial charge >= 0.3 is 0 Å². The summed E-state index contributed by atoms with van der Waals surface area (Å²) in [5.74, 6) is 1.00. The van der Waals surface area contributed by atoms with Gasteiger partial charge in [-0.1, -0.05) is 6.08 Å². The van der Waals surface area contributed by atoms with Gasteiger partial charge in [-0.15, -0.1) is 6.58 Å². The van der Waals surface area contributed by atoms with Crippen LogP contribution in [0.5, 0.6) is 0 Å². The number of allylic oxidation sites excluding steroid dienone is 1. The molecule has 5 nitrogen and oxygen atoms in total. The number of nitrogens with zero attached hydrogens (tertiary/aromatic N) is 2. The van der Waals surface area contributed by atoms with Crippen LogP contribution in [0.25, 0.3) is 0 Å². The lowest BCUT2D eigenvalue weighted by atomic mass is 10.3. The molecule has 0 aromatic carbocycles. The first-order valence-corrected chi connectivity index (χ1v) is 8.17. The molecule has 0 radical (unpaired) electrons. The average Bonchev–Trinajstić information content (AvgIpc) is 2.28. The number of guanidine groups is 1. The standard InChI is InChI=1S/C12H25N3O2S/c1-5-6-7-10-15(3)12(13-2)14-9-8-11-18(4,16)17/h5H,1,6-11H2,2-4H3,(H,13,14). The first kappa shape index (κ1) is 17.0. The Morgan fingerprint density at radius 3 is 2.61 bits per heavy atom. The highest BCUT2D eigenvalue weighted by atomic mass is 32.2. The highest BCUT2D eigenvalue weighted by molar-refractivity contribution is 7.90. The van der Waals surface area contributed by atoms with Crippen molar-refractivity contribution in [3.8, 4) is 0 Å². The van der Waals surface area contributed by atoms with Crippen LogP contribution in [0.4, 0.5) is 0 Å². The fourth-order valence-corrected chi connectivity index (χ4v) is 2.17. The van der Waals surface area contributed by atoms with E-state index >= 15 is 0 Å². The zero-order valence-corrected chi connectivity index (χ0v) is 12.5. The molecule has 0 atom stereocenters. The third-order valence-electron chi connectivity index (χ3n) is 2.45. The van der Waals surface area contributed by atoms with Gasteiger partial charge in [-0.3, -0.25) is 4.99 Å². The van der Waals surface area contributed by atoms with Crippen LogP contribution in [0.3, 0.4) is 0 Å². The predicted octanol–water partition coefficient (Wildman–Crippen LogP) is 0.895. The molecular formula is C12H25N3O2S. The van der Waals surface area contributed by atoms with Crippen molar-refractivity contribution in [3.05, 3.63) is 12.7 Å². The lowest BCUT2D eigenvalue weighted by Gasteiger charge is -2.21. The Morgan fingerprint density at radius 1 is 1.44 bits per heavy atom. The Kier molecular flexibility index (Phi) is 8.45. The van der Waals surface area contributed by atoms with E-state index in [1.54, 1.807) is 7.05 Å². The zero-order valence-electron chi connectivity index (χ0n) is 11.6. The van der Waals surface area contributed by atoms with Crippen LogP contribution in [0.2, 0.25) is 0 Å². The van der Waals surface area contributed by atoms with Gasteiger partial charge in [-0.2, -0.15) is 0 Å². The maximum absolute atomic E-state index is 11.0. The molecule has 0 aliphatic heterocycles. The molecule has 18 heavy (non-hydrogen) atoms. The van der Waals surface area contributed by atoms with Crippen LogP contribution in [-0.2, 0) is 9.84 Å². The van der Waals surface area contributed by atoms with Gasteiger partial charge in [0.2, 0.25) is 0 Å². The van der Waals surface area contributed by atoms with Crippen LogP contribution in [0, 0.1) is 0 Å². The number of nitrogens with one attached hydrogen (secondary N) is 1.